The number of rotatable bonds is 4. The molecular weight excluding hydrogens is 282 g/mol. The Kier molecular flexibility index (Phi) is 3.22. The summed E-state index contributed by atoms with van der Waals surface area (Å²) < 4.78 is 28.5. The zero-order chi connectivity index (χ0) is 15.1. The van der Waals surface area contributed by atoms with Crippen molar-refractivity contribution in [3.8, 4) is 11.8 Å². The van der Waals surface area contributed by atoms with E-state index in [4.69, 9.17) is 4.74 Å². The average Bonchev–Trinajstić information content (AvgIpc) is 3.09. The van der Waals surface area contributed by atoms with Crippen molar-refractivity contribution in [2.24, 2.45) is 5.41 Å². The Bertz CT molecular complexity index is 688. The van der Waals surface area contributed by atoms with E-state index in [1.54, 1.807) is 30.3 Å². The van der Waals surface area contributed by atoms with Gasteiger partial charge in [-0.25, -0.2) is 8.42 Å². The van der Waals surface area contributed by atoms with Gasteiger partial charge in [-0.2, -0.15) is 5.26 Å². The fraction of sp³-hybridized carbons (Fsp3) is 0.385. The third-order valence-electron chi connectivity index (χ3n) is 3.61. The van der Waals surface area contributed by atoms with Crippen molar-refractivity contribution in [2.75, 3.05) is 13.4 Å². The average molecular weight is 295 g/mol. The molecule has 0 spiro atoms. The summed E-state index contributed by atoms with van der Waals surface area (Å²) in [5, 5.41) is 17.2. The largest absolute Gasteiger partial charge is 0.497 e. The molecule has 1 aliphatic rings. The molecule has 20 heavy (non-hydrogen) atoms. The first kappa shape index (κ1) is 14.3. The summed E-state index contributed by atoms with van der Waals surface area (Å²) in [4.78, 5) is 11.4. The van der Waals surface area contributed by atoms with Gasteiger partial charge in [0, 0.05) is 12.2 Å². The molecule has 0 aromatic heterocycles. The molecule has 1 aromatic rings. The summed E-state index contributed by atoms with van der Waals surface area (Å²) >= 11 is 0. The van der Waals surface area contributed by atoms with Gasteiger partial charge in [0.1, 0.15) is 11.0 Å². The van der Waals surface area contributed by atoms with Gasteiger partial charge in [0.15, 0.2) is 15.3 Å². The smallest absolute Gasteiger partial charge is 0.326 e. The number of nitriles is 1. The predicted octanol–water partition coefficient (Wildman–Crippen LogP) is 0.800. The van der Waals surface area contributed by atoms with Crippen molar-refractivity contribution < 1.29 is 23.1 Å². The highest BCUT2D eigenvalue weighted by Gasteiger charge is 2.76. The van der Waals surface area contributed by atoms with E-state index >= 15 is 0 Å². The van der Waals surface area contributed by atoms with Gasteiger partial charge >= 0.3 is 5.97 Å². The molecule has 0 unspecified atom stereocenters. The molecule has 1 fully saturated rings. The monoisotopic (exact) mass is 295 g/mol. The maximum atomic E-state index is 11.7. The molecule has 2 rings (SSSR count). The minimum atomic E-state index is -3.64. The third-order valence-corrected chi connectivity index (χ3v) is 5.17. The van der Waals surface area contributed by atoms with E-state index in [0.717, 1.165) is 6.26 Å². The van der Waals surface area contributed by atoms with Gasteiger partial charge < -0.3 is 9.84 Å². The summed E-state index contributed by atoms with van der Waals surface area (Å²) in [5.41, 5.74) is -1.40. The Balaban J connectivity index is 2.49. The van der Waals surface area contributed by atoms with Crippen LogP contribution in [0.4, 0.5) is 0 Å². The van der Waals surface area contributed by atoms with Crippen molar-refractivity contribution in [3.05, 3.63) is 29.8 Å². The second-order valence-electron chi connectivity index (χ2n) is 4.79. The molecular formula is C13H13NO5S. The van der Waals surface area contributed by atoms with Crippen molar-refractivity contribution in [1.29, 1.82) is 5.26 Å². The molecule has 0 bridgehead atoms. The summed E-state index contributed by atoms with van der Waals surface area (Å²) in [6.45, 7) is 0. The second-order valence-corrected chi connectivity index (χ2v) is 6.95. The summed E-state index contributed by atoms with van der Waals surface area (Å²) in [6.07, 6.45) is 0.955. The molecule has 1 aliphatic carbocycles. The van der Waals surface area contributed by atoms with Crippen LogP contribution >= 0.6 is 0 Å². The van der Waals surface area contributed by atoms with Crippen LogP contribution in [0.15, 0.2) is 24.3 Å². The van der Waals surface area contributed by atoms with Gasteiger partial charge in [-0.3, -0.25) is 4.79 Å². The molecule has 3 atom stereocenters. The number of hydrogen-bond donors (Lipinski definition) is 1. The van der Waals surface area contributed by atoms with E-state index in [2.05, 4.69) is 0 Å². The number of carbonyl (C=O) groups is 1. The molecule has 106 valence electrons. The van der Waals surface area contributed by atoms with Crippen LogP contribution in [0, 0.1) is 16.7 Å². The number of methoxy groups -OCH3 is 1. The van der Waals surface area contributed by atoms with Crippen molar-refractivity contribution >= 4 is 15.8 Å². The fourth-order valence-corrected chi connectivity index (χ4v) is 4.39. The standard InChI is InChI=1S/C13H13NO5S/c1-19-9-5-3-8(4-6-9)10-11(20(2,17)18)13(10,7-14)12(15)16/h3-6,10-11H,1-2H3,(H,15,16)/t10-,11-,13-/m0/s1. The van der Waals surface area contributed by atoms with Crippen LogP contribution in [0.1, 0.15) is 11.5 Å². The first-order chi connectivity index (χ1) is 9.29. The minimum Gasteiger partial charge on any atom is -0.497 e. The van der Waals surface area contributed by atoms with Gasteiger partial charge in [0.05, 0.1) is 13.2 Å². The van der Waals surface area contributed by atoms with E-state index in [-0.39, 0.29) is 0 Å². The number of carboxylic acids is 1. The SMILES string of the molecule is COc1ccc([C@H]2[C@H](S(C)(=O)=O)[C@@]2(C#N)C(=O)O)cc1. The minimum absolute atomic E-state index is 0.505. The van der Waals surface area contributed by atoms with Crippen LogP contribution in [0.2, 0.25) is 0 Å². The lowest BCUT2D eigenvalue weighted by atomic mass is 10.0. The van der Waals surface area contributed by atoms with Gasteiger partial charge in [0.25, 0.3) is 0 Å². The van der Waals surface area contributed by atoms with Crippen LogP contribution in [0.25, 0.3) is 0 Å². The van der Waals surface area contributed by atoms with Crippen molar-refractivity contribution in [2.45, 2.75) is 11.2 Å². The van der Waals surface area contributed by atoms with Crippen molar-refractivity contribution in [1.82, 2.24) is 0 Å². The molecule has 0 saturated heterocycles. The molecule has 0 heterocycles. The summed E-state index contributed by atoms with van der Waals surface area (Å²) in [7, 11) is -2.15. The highest BCUT2D eigenvalue weighted by atomic mass is 32.2. The third kappa shape index (κ3) is 1.93. The lowest BCUT2D eigenvalue weighted by Gasteiger charge is -2.03. The number of aliphatic carboxylic acids is 1. The van der Waals surface area contributed by atoms with E-state index in [0.29, 0.717) is 11.3 Å². The summed E-state index contributed by atoms with van der Waals surface area (Å²) in [5.74, 6) is -1.69. The fourth-order valence-electron chi connectivity index (χ4n) is 2.63. The van der Waals surface area contributed by atoms with Crippen LogP contribution in [0.5, 0.6) is 5.75 Å². The Labute approximate surface area is 116 Å². The van der Waals surface area contributed by atoms with E-state index < -0.39 is 32.4 Å². The zero-order valence-corrected chi connectivity index (χ0v) is 11.7. The summed E-state index contributed by atoms with van der Waals surface area (Å²) in [6, 6.07) is 8.07. The van der Waals surface area contributed by atoms with Gasteiger partial charge in [-0.05, 0) is 17.7 Å². The molecule has 1 aromatic carbocycles. The Morgan fingerprint density at radius 3 is 2.25 bits per heavy atom. The predicted molar refractivity (Wildman–Crippen MR) is 70.0 cm³/mol. The van der Waals surface area contributed by atoms with Gasteiger partial charge in [0.2, 0.25) is 0 Å². The Morgan fingerprint density at radius 2 is 1.95 bits per heavy atom. The highest BCUT2D eigenvalue weighted by Crippen LogP contribution is 2.62. The molecule has 1 saturated carbocycles. The van der Waals surface area contributed by atoms with Crippen LogP contribution < -0.4 is 4.74 Å². The molecule has 0 amide bonds. The maximum Gasteiger partial charge on any atom is 0.326 e. The number of hydrogen-bond acceptors (Lipinski definition) is 5. The van der Waals surface area contributed by atoms with Crippen LogP contribution in [-0.4, -0.2) is 38.1 Å². The number of nitrogens with zero attached hydrogens (tertiary/aromatic N) is 1. The van der Waals surface area contributed by atoms with E-state index in [1.807, 2.05) is 0 Å². The molecule has 0 aliphatic heterocycles. The van der Waals surface area contributed by atoms with Crippen LogP contribution in [-0.2, 0) is 14.6 Å². The van der Waals surface area contributed by atoms with Crippen LogP contribution in [0.3, 0.4) is 0 Å². The van der Waals surface area contributed by atoms with Crippen molar-refractivity contribution in [3.63, 3.8) is 0 Å². The molecule has 0 radical (unpaired) electrons. The molecule has 1 N–H and O–H groups in total. The number of ether oxygens (including phenoxy) is 1. The van der Waals surface area contributed by atoms with E-state index in [1.165, 1.54) is 7.11 Å². The lowest BCUT2D eigenvalue weighted by molar-refractivity contribution is -0.141. The lowest BCUT2D eigenvalue weighted by Crippen LogP contribution is -2.21. The Morgan fingerprint density at radius 1 is 1.40 bits per heavy atom. The number of carboxylic acid groups (broad SMARTS) is 1. The number of benzene rings is 1. The van der Waals surface area contributed by atoms with Gasteiger partial charge in [-0.15, -0.1) is 0 Å². The second kappa shape index (κ2) is 4.49. The topological polar surface area (TPSA) is 104 Å². The first-order valence-electron chi connectivity index (χ1n) is 5.76. The number of sulfone groups is 1. The molecule has 7 heteroatoms. The maximum absolute atomic E-state index is 11.7. The Hall–Kier alpha value is -2.07. The van der Waals surface area contributed by atoms with Gasteiger partial charge in [-0.1, -0.05) is 12.1 Å². The zero-order valence-electron chi connectivity index (χ0n) is 10.9. The first-order valence-corrected chi connectivity index (χ1v) is 7.72. The molecule has 6 nitrogen and oxygen atoms in total. The quantitative estimate of drug-likeness (QED) is 0.881. The van der Waals surface area contributed by atoms with E-state index in [9.17, 15) is 23.6 Å². The highest BCUT2D eigenvalue weighted by molar-refractivity contribution is 7.91. The normalized spacial score (nSPS) is 28.4.